The monoisotopic (exact) mass is 349 g/mol. The molecule has 19 heavy (non-hydrogen) atoms. The Bertz CT molecular complexity index is 424. The Morgan fingerprint density at radius 1 is 1.47 bits per heavy atom. The zero-order valence-corrected chi connectivity index (χ0v) is 13.9. The highest BCUT2D eigenvalue weighted by atomic mass is 79.9. The summed E-state index contributed by atoms with van der Waals surface area (Å²) in [5.41, 5.74) is 2.14. The highest BCUT2D eigenvalue weighted by Gasteiger charge is 2.25. The number of halogens is 2. The fourth-order valence-electron chi connectivity index (χ4n) is 2.40. The number of nitrogens with zero attached hydrogens (tertiary/aromatic N) is 3. The Hall–Kier alpha value is -0.100. The number of hydrogen-bond donors (Lipinski definition) is 0. The van der Waals surface area contributed by atoms with E-state index in [2.05, 4.69) is 39.8 Å². The fraction of sp³-hybridized carbons (Fsp3) is 0.769. The minimum Gasteiger partial charge on any atom is -0.378 e. The first kappa shape index (κ1) is 15.3. The summed E-state index contributed by atoms with van der Waals surface area (Å²) in [4.78, 5) is 2.42. The van der Waals surface area contributed by atoms with Crippen LogP contribution in [0.2, 0.25) is 5.02 Å². The van der Waals surface area contributed by atoms with Gasteiger partial charge in [0.25, 0.3) is 0 Å². The van der Waals surface area contributed by atoms with Gasteiger partial charge in [0.15, 0.2) is 0 Å². The van der Waals surface area contributed by atoms with E-state index in [0.29, 0.717) is 6.04 Å². The molecule has 4 nitrogen and oxygen atoms in total. The molecule has 0 aromatic carbocycles. The van der Waals surface area contributed by atoms with Crippen LogP contribution < -0.4 is 0 Å². The molecule has 1 aromatic heterocycles. The number of aryl methyl sites for hydroxylation is 2. The van der Waals surface area contributed by atoms with E-state index in [1.165, 1.54) is 0 Å². The van der Waals surface area contributed by atoms with Crippen molar-refractivity contribution < 1.29 is 4.74 Å². The van der Waals surface area contributed by atoms with Gasteiger partial charge in [0.2, 0.25) is 0 Å². The minimum atomic E-state index is 0.412. The van der Waals surface area contributed by atoms with Gasteiger partial charge in [-0.2, -0.15) is 5.10 Å². The molecule has 0 amide bonds. The lowest BCUT2D eigenvalue weighted by molar-refractivity contribution is -0.00321. The zero-order valence-electron chi connectivity index (χ0n) is 11.5. The molecule has 1 saturated heterocycles. The van der Waals surface area contributed by atoms with Crippen molar-refractivity contribution in [1.82, 2.24) is 14.7 Å². The molecule has 0 saturated carbocycles. The van der Waals surface area contributed by atoms with Crippen LogP contribution >= 0.6 is 27.5 Å². The van der Waals surface area contributed by atoms with Gasteiger partial charge in [0.1, 0.15) is 0 Å². The van der Waals surface area contributed by atoms with Crippen LogP contribution in [0.1, 0.15) is 25.2 Å². The average Bonchev–Trinajstić information content (AvgIpc) is 2.76. The minimum absolute atomic E-state index is 0.412. The van der Waals surface area contributed by atoms with Crippen LogP contribution in [0, 0.1) is 0 Å². The van der Waals surface area contributed by atoms with Gasteiger partial charge in [-0.05, 0) is 13.3 Å². The van der Waals surface area contributed by atoms with Gasteiger partial charge in [-0.1, -0.05) is 34.5 Å². The van der Waals surface area contributed by atoms with Gasteiger partial charge in [-0.15, -0.1) is 0 Å². The number of morpholine rings is 1. The average molecular weight is 351 g/mol. The molecule has 1 aliphatic heterocycles. The van der Waals surface area contributed by atoms with E-state index < -0.39 is 0 Å². The van der Waals surface area contributed by atoms with Crippen molar-refractivity contribution in [2.45, 2.75) is 39.4 Å². The van der Waals surface area contributed by atoms with Crippen LogP contribution in [-0.2, 0) is 24.2 Å². The van der Waals surface area contributed by atoms with Gasteiger partial charge in [-0.3, -0.25) is 9.58 Å². The summed E-state index contributed by atoms with van der Waals surface area (Å²) in [7, 11) is 0. The number of aromatic nitrogens is 2. The third-order valence-corrected chi connectivity index (χ3v) is 4.76. The number of rotatable bonds is 5. The smallest absolute Gasteiger partial charge is 0.0863 e. The summed E-state index contributed by atoms with van der Waals surface area (Å²) in [6.07, 6.45) is 0.879. The summed E-state index contributed by atoms with van der Waals surface area (Å²) >= 11 is 10.0. The Balaban J connectivity index is 2.19. The van der Waals surface area contributed by atoms with E-state index in [-0.39, 0.29) is 0 Å². The maximum absolute atomic E-state index is 6.47. The quantitative estimate of drug-likeness (QED) is 0.765. The molecule has 0 N–H and O–H groups in total. The molecule has 1 aliphatic rings. The maximum Gasteiger partial charge on any atom is 0.0863 e. The number of alkyl halides is 1. The van der Waals surface area contributed by atoms with Gasteiger partial charge in [0.05, 0.1) is 29.6 Å². The van der Waals surface area contributed by atoms with E-state index in [4.69, 9.17) is 16.3 Å². The molecule has 1 atom stereocenters. The van der Waals surface area contributed by atoms with E-state index in [1.807, 2.05) is 4.68 Å². The van der Waals surface area contributed by atoms with Gasteiger partial charge in [-0.25, -0.2) is 0 Å². The Morgan fingerprint density at radius 3 is 2.89 bits per heavy atom. The van der Waals surface area contributed by atoms with Crippen molar-refractivity contribution in [3.05, 3.63) is 16.4 Å². The summed E-state index contributed by atoms with van der Waals surface area (Å²) in [5.74, 6) is 0. The first-order valence-corrected chi connectivity index (χ1v) is 8.32. The van der Waals surface area contributed by atoms with E-state index >= 15 is 0 Å². The molecular formula is C13H21BrClN3O. The highest BCUT2D eigenvalue weighted by Crippen LogP contribution is 2.24. The van der Waals surface area contributed by atoms with E-state index in [1.54, 1.807) is 0 Å². The maximum atomic E-state index is 6.47. The second kappa shape index (κ2) is 7.07. The van der Waals surface area contributed by atoms with Crippen LogP contribution in [0.15, 0.2) is 0 Å². The Kier molecular flexibility index (Phi) is 5.69. The molecule has 0 radical (unpaired) electrons. The molecule has 1 aromatic rings. The predicted octanol–water partition coefficient (Wildman–Crippen LogP) is 2.71. The normalized spacial score (nSPS) is 20.9. The second-order valence-corrected chi connectivity index (χ2v) is 5.76. The second-order valence-electron chi connectivity index (χ2n) is 4.73. The Labute approximate surface area is 128 Å². The van der Waals surface area contributed by atoms with E-state index in [9.17, 15) is 0 Å². The third-order valence-electron chi connectivity index (χ3n) is 3.57. The number of ether oxygens (including phenoxy) is 1. The fourth-order valence-corrected chi connectivity index (χ4v) is 3.33. The van der Waals surface area contributed by atoms with Crippen LogP contribution in [0.4, 0.5) is 0 Å². The molecule has 1 unspecified atom stereocenters. The van der Waals surface area contributed by atoms with Crippen molar-refractivity contribution in [3.8, 4) is 0 Å². The third kappa shape index (κ3) is 3.32. The summed E-state index contributed by atoms with van der Waals surface area (Å²) in [6.45, 7) is 8.42. The van der Waals surface area contributed by atoms with Crippen molar-refractivity contribution in [1.29, 1.82) is 0 Å². The molecule has 108 valence electrons. The Morgan fingerprint density at radius 2 is 2.26 bits per heavy atom. The van der Waals surface area contributed by atoms with Crippen molar-refractivity contribution in [2.75, 3.05) is 25.1 Å². The van der Waals surface area contributed by atoms with Crippen LogP contribution in [0.3, 0.4) is 0 Å². The summed E-state index contributed by atoms with van der Waals surface area (Å²) in [5, 5.41) is 6.34. The van der Waals surface area contributed by atoms with Crippen molar-refractivity contribution in [2.24, 2.45) is 0 Å². The highest BCUT2D eigenvalue weighted by molar-refractivity contribution is 9.09. The molecule has 2 rings (SSSR count). The standard InChI is InChI=1S/C13H21BrClN3O/c1-3-11-13(15)12(18(4-2)16-11)8-17-5-6-19-9-10(17)7-14/h10H,3-9H2,1-2H3. The lowest BCUT2D eigenvalue weighted by Crippen LogP contribution is -2.46. The molecule has 1 fully saturated rings. The summed E-state index contributed by atoms with van der Waals surface area (Å²) in [6, 6.07) is 0.412. The first-order valence-electron chi connectivity index (χ1n) is 6.83. The molecular weight excluding hydrogens is 330 g/mol. The molecule has 6 heteroatoms. The van der Waals surface area contributed by atoms with Crippen LogP contribution in [0.5, 0.6) is 0 Å². The lowest BCUT2D eigenvalue weighted by Gasteiger charge is -2.34. The number of hydrogen-bond acceptors (Lipinski definition) is 3. The van der Waals surface area contributed by atoms with Gasteiger partial charge in [0, 0.05) is 31.0 Å². The largest absolute Gasteiger partial charge is 0.378 e. The van der Waals surface area contributed by atoms with Crippen LogP contribution in [0.25, 0.3) is 0 Å². The topological polar surface area (TPSA) is 30.3 Å². The lowest BCUT2D eigenvalue weighted by atomic mass is 10.2. The molecule has 0 aliphatic carbocycles. The van der Waals surface area contributed by atoms with Crippen molar-refractivity contribution in [3.63, 3.8) is 0 Å². The molecule has 0 spiro atoms. The zero-order chi connectivity index (χ0) is 13.8. The van der Waals surface area contributed by atoms with Gasteiger partial charge >= 0.3 is 0 Å². The van der Waals surface area contributed by atoms with Gasteiger partial charge < -0.3 is 4.74 Å². The molecule has 0 bridgehead atoms. The van der Waals surface area contributed by atoms with E-state index in [0.717, 1.165) is 61.0 Å². The predicted molar refractivity (Wildman–Crippen MR) is 81.1 cm³/mol. The summed E-state index contributed by atoms with van der Waals surface area (Å²) < 4.78 is 7.56. The van der Waals surface area contributed by atoms with Crippen molar-refractivity contribution >= 4 is 27.5 Å². The molecule has 2 heterocycles. The first-order chi connectivity index (χ1) is 9.21. The van der Waals surface area contributed by atoms with Crippen LogP contribution in [-0.4, -0.2) is 45.8 Å². The SMILES string of the molecule is CCc1nn(CC)c(CN2CCOCC2CBr)c1Cl.